The Morgan fingerprint density at radius 2 is 1.85 bits per heavy atom. The summed E-state index contributed by atoms with van der Waals surface area (Å²) in [6.45, 7) is 4.43. The third kappa shape index (κ3) is 4.09. The maximum absolute atomic E-state index is 11.3. The molecule has 2 heteroatoms. The fraction of sp³-hybridized carbons (Fsp3) is 0.611. The van der Waals surface area contributed by atoms with Crippen molar-refractivity contribution in [3.63, 3.8) is 0 Å². The Balaban J connectivity index is 3.14. The monoisotopic (exact) mass is 275 g/mol. The van der Waals surface area contributed by atoms with Crippen molar-refractivity contribution in [2.45, 2.75) is 64.2 Å². The highest BCUT2D eigenvalue weighted by molar-refractivity contribution is 5.60. The molecule has 1 atom stereocenters. The van der Waals surface area contributed by atoms with Crippen LogP contribution < -0.4 is 5.32 Å². The summed E-state index contributed by atoms with van der Waals surface area (Å²) in [7, 11) is 1.96. The summed E-state index contributed by atoms with van der Waals surface area (Å²) in [5.41, 5.74) is 2.48. The number of aldehydes is 1. The third-order valence-electron chi connectivity index (χ3n) is 4.23. The van der Waals surface area contributed by atoms with E-state index in [2.05, 4.69) is 43.4 Å². The molecule has 1 N–H and O–H groups in total. The van der Waals surface area contributed by atoms with Gasteiger partial charge in [0.1, 0.15) is 6.29 Å². The summed E-state index contributed by atoms with van der Waals surface area (Å²) >= 11 is 0. The maximum Gasteiger partial charge on any atom is 0.120 e. The minimum atomic E-state index is 0.00523. The number of hydrogen-bond acceptors (Lipinski definition) is 2. The molecule has 0 heterocycles. The predicted molar refractivity (Wildman–Crippen MR) is 87.4 cm³/mol. The zero-order valence-corrected chi connectivity index (χ0v) is 13.2. The third-order valence-corrected chi connectivity index (χ3v) is 4.23. The summed E-state index contributed by atoms with van der Waals surface area (Å²) < 4.78 is 0. The van der Waals surface area contributed by atoms with E-state index < -0.39 is 0 Å². The minimum Gasteiger partial charge on any atom is -0.388 e. The highest BCUT2D eigenvalue weighted by atomic mass is 16.1. The smallest absolute Gasteiger partial charge is 0.120 e. The molecule has 0 saturated carbocycles. The van der Waals surface area contributed by atoms with Gasteiger partial charge in [0.05, 0.1) is 0 Å². The zero-order valence-electron chi connectivity index (χ0n) is 13.2. The zero-order chi connectivity index (χ0) is 14.8. The largest absolute Gasteiger partial charge is 0.388 e. The number of unbranched alkanes of at least 4 members (excludes halogenated alkanes) is 2. The Kier molecular flexibility index (Phi) is 7.35. The molecule has 0 bridgehead atoms. The first kappa shape index (κ1) is 16.7. The molecule has 0 saturated heterocycles. The van der Waals surface area contributed by atoms with Crippen LogP contribution in [0.4, 0.5) is 5.69 Å². The molecule has 1 unspecified atom stereocenters. The summed E-state index contributed by atoms with van der Waals surface area (Å²) in [6, 6.07) is 8.45. The number of anilines is 1. The highest BCUT2D eigenvalue weighted by Gasteiger charge is 2.32. The van der Waals surface area contributed by atoms with Crippen LogP contribution in [-0.2, 0) is 10.2 Å². The molecule has 1 aromatic rings. The summed E-state index contributed by atoms with van der Waals surface area (Å²) in [5, 5.41) is 3.29. The number of hydrogen-bond donors (Lipinski definition) is 1. The second-order valence-corrected chi connectivity index (χ2v) is 5.65. The number of benzene rings is 1. The van der Waals surface area contributed by atoms with Crippen molar-refractivity contribution in [1.82, 2.24) is 0 Å². The average Bonchev–Trinajstić information content (AvgIpc) is 2.48. The first-order valence-electron chi connectivity index (χ1n) is 7.95. The Hall–Kier alpha value is -1.31. The van der Waals surface area contributed by atoms with Gasteiger partial charge in [-0.2, -0.15) is 0 Å². The lowest BCUT2D eigenvalue weighted by Gasteiger charge is -2.34. The lowest BCUT2D eigenvalue weighted by Crippen LogP contribution is -2.28. The van der Waals surface area contributed by atoms with Crippen LogP contribution >= 0.6 is 0 Å². The molecule has 0 fully saturated rings. The van der Waals surface area contributed by atoms with Gasteiger partial charge < -0.3 is 10.1 Å². The van der Waals surface area contributed by atoms with Crippen LogP contribution in [0.1, 0.15) is 64.4 Å². The molecule has 0 aliphatic carbocycles. The number of para-hydroxylation sites is 1. The van der Waals surface area contributed by atoms with Gasteiger partial charge in [0.2, 0.25) is 0 Å². The Bertz CT molecular complexity index is 402. The van der Waals surface area contributed by atoms with Crippen molar-refractivity contribution in [2.24, 2.45) is 0 Å². The lowest BCUT2D eigenvalue weighted by atomic mass is 9.70. The number of nitrogens with one attached hydrogen (secondary N) is 1. The first-order valence-corrected chi connectivity index (χ1v) is 7.95. The molecular weight excluding hydrogens is 246 g/mol. The van der Waals surface area contributed by atoms with Crippen LogP contribution in [0.2, 0.25) is 0 Å². The molecule has 112 valence electrons. The predicted octanol–water partition coefficient (Wildman–Crippen LogP) is 4.94. The van der Waals surface area contributed by atoms with E-state index in [9.17, 15) is 4.79 Å². The van der Waals surface area contributed by atoms with Gasteiger partial charge in [-0.15, -0.1) is 0 Å². The molecule has 0 radical (unpaired) electrons. The van der Waals surface area contributed by atoms with E-state index in [-0.39, 0.29) is 5.41 Å². The second-order valence-electron chi connectivity index (χ2n) is 5.65. The van der Waals surface area contributed by atoms with Crippen LogP contribution in [0.15, 0.2) is 24.3 Å². The molecule has 0 aliphatic rings. The van der Waals surface area contributed by atoms with Crippen molar-refractivity contribution in [2.75, 3.05) is 12.4 Å². The Morgan fingerprint density at radius 1 is 1.10 bits per heavy atom. The van der Waals surface area contributed by atoms with E-state index in [4.69, 9.17) is 0 Å². The second kappa shape index (κ2) is 8.78. The normalized spacial score (nSPS) is 13.8. The van der Waals surface area contributed by atoms with Gasteiger partial charge in [-0.3, -0.25) is 0 Å². The molecule has 0 aromatic heterocycles. The van der Waals surface area contributed by atoms with Crippen molar-refractivity contribution in [1.29, 1.82) is 0 Å². The van der Waals surface area contributed by atoms with E-state index in [1.54, 1.807) is 0 Å². The first-order chi connectivity index (χ1) is 9.74. The van der Waals surface area contributed by atoms with E-state index in [1.165, 1.54) is 30.5 Å². The summed E-state index contributed by atoms with van der Waals surface area (Å²) in [6.07, 6.45) is 8.68. The molecule has 0 amide bonds. The van der Waals surface area contributed by atoms with Gasteiger partial charge in [0.15, 0.2) is 0 Å². The van der Waals surface area contributed by atoms with Crippen LogP contribution in [0, 0.1) is 0 Å². The molecule has 2 nitrogen and oxygen atoms in total. The van der Waals surface area contributed by atoms with Crippen molar-refractivity contribution < 1.29 is 4.79 Å². The highest BCUT2D eigenvalue weighted by Crippen LogP contribution is 2.41. The standard InChI is InChI=1S/C18H29NO/c1-4-6-9-13-18(12-5-2,14-15-20)16-10-7-8-11-17(16)19-3/h7-8,10-11,15,19H,4-6,9,12-14H2,1-3H3. The summed E-state index contributed by atoms with van der Waals surface area (Å²) in [4.78, 5) is 11.3. The van der Waals surface area contributed by atoms with E-state index in [0.29, 0.717) is 6.42 Å². The van der Waals surface area contributed by atoms with Crippen molar-refractivity contribution in [3.8, 4) is 0 Å². The fourth-order valence-corrected chi connectivity index (χ4v) is 3.22. The molecule has 1 aromatic carbocycles. The van der Waals surface area contributed by atoms with E-state index in [0.717, 1.165) is 25.5 Å². The topological polar surface area (TPSA) is 29.1 Å². The van der Waals surface area contributed by atoms with E-state index >= 15 is 0 Å². The van der Waals surface area contributed by atoms with Gasteiger partial charge in [-0.25, -0.2) is 0 Å². The number of carbonyl (C=O) groups is 1. The molecule has 1 rings (SSSR count). The quantitative estimate of drug-likeness (QED) is 0.484. The Labute approximate surface area is 124 Å². The number of rotatable bonds is 10. The van der Waals surface area contributed by atoms with Crippen LogP contribution in [0.25, 0.3) is 0 Å². The molecule has 20 heavy (non-hydrogen) atoms. The van der Waals surface area contributed by atoms with Crippen molar-refractivity contribution >= 4 is 12.0 Å². The molecule has 0 spiro atoms. The lowest BCUT2D eigenvalue weighted by molar-refractivity contribution is -0.109. The van der Waals surface area contributed by atoms with Gasteiger partial charge in [0.25, 0.3) is 0 Å². The minimum absolute atomic E-state index is 0.00523. The molecular formula is C18H29NO. The maximum atomic E-state index is 11.3. The van der Waals surface area contributed by atoms with E-state index in [1.807, 2.05) is 7.05 Å². The fourth-order valence-electron chi connectivity index (χ4n) is 3.22. The van der Waals surface area contributed by atoms with Crippen molar-refractivity contribution in [3.05, 3.63) is 29.8 Å². The SMILES string of the molecule is CCCCCC(CC=O)(CCC)c1ccccc1NC. The van der Waals surface area contributed by atoms with Gasteiger partial charge >= 0.3 is 0 Å². The van der Waals surface area contributed by atoms with Crippen LogP contribution in [-0.4, -0.2) is 13.3 Å². The van der Waals surface area contributed by atoms with Gasteiger partial charge in [0, 0.05) is 24.6 Å². The number of carbonyl (C=O) groups excluding carboxylic acids is 1. The van der Waals surface area contributed by atoms with Gasteiger partial charge in [-0.1, -0.05) is 57.7 Å². The molecule has 0 aliphatic heterocycles. The van der Waals surface area contributed by atoms with Crippen LogP contribution in [0.5, 0.6) is 0 Å². The summed E-state index contributed by atoms with van der Waals surface area (Å²) in [5.74, 6) is 0. The average molecular weight is 275 g/mol. The Morgan fingerprint density at radius 3 is 2.45 bits per heavy atom. The van der Waals surface area contributed by atoms with Crippen LogP contribution in [0.3, 0.4) is 0 Å². The van der Waals surface area contributed by atoms with Gasteiger partial charge in [-0.05, 0) is 24.5 Å².